The summed E-state index contributed by atoms with van der Waals surface area (Å²) >= 11 is 0. The fourth-order valence-corrected chi connectivity index (χ4v) is 2.54. The van der Waals surface area contributed by atoms with Crippen molar-refractivity contribution < 1.29 is 4.74 Å². The molecule has 1 aromatic carbocycles. The van der Waals surface area contributed by atoms with E-state index in [0.717, 1.165) is 12.2 Å². The highest BCUT2D eigenvalue weighted by atomic mass is 16.5. The van der Waals surface area contributed by atoms with Crippen LogP contribution >= 0.6 is 0 Å². The summed E-state index contributed by atoms with van der Waals surface area (Å²) in [5, 5.41) is 23.9. The van der Waals surface area contributed by atoms with Crippen molar-refractivity contribution in [1.29, 1.82) is 0 Å². The maximum atomic E-state index is 5.55. The van der Waals surface area contributed by atoms with Crippen LogP contribution in [-0.2, 0) is 4.74 Å². The summed E-state index contributed by atoms with van der Waals surface area (Å²) in [5.41, 5.74) is 0.843. The standard InChI is InChI=1S/C13H15N9O/c1-20-7-8-23-9-11(20)22-13(15-17-19-22)12-14-16-18-21(12)10-5-3-2-4-6-10/h2-6,11H,7-9H2,1H3. The first kappa shape index (κ1) is 13.9. The number of para-hydroxylation sites is 1. The third-order valence-electron chi connectivity index (χ3n) is 3.81. The number of benzene rings is 1. The Bertz CT molecular complexity index is 784. The predicted octanol–water partition coefficient (Wildman–Crippen LogP) is -0.224. The number of aromatic nitrogens is 8. The Kier molecular flexibility index (Phi) is 3.52. The van der Waals surface area contributed by atoms with Gasteiger partial charge in [-0.3, -0.25) is 4.90 Å². The first-order valence-electron chi connectivity index (χ1n) is 7.24. The molecule has 4 rings (SSSR count). The van der Waals surface area contributed by atoms with E-state index < -0.39 is 0 Å². The fourth-order valence-electron chi connectivity index (χ4n) is 2.54. The number of tetrazole rings is 2. The van der Waals surface area contributed by atoms with Crippen LogP contribution in [0.1, 0.15) is 6.17 Å². The van der Waals surface area contributed by atoms with Crippen LogP contribution in [-0.4, -0.2) is 72.1 Å². The smallest absolute Gasteiger partial charge is 0.226 e. The number of ether oxygens (including phenoxy) is 1. The third-order valence-corrected chi connectivity index (χ3v) is 3.81. The summed E-state index contributed by atoms with van der Waals surface area (Å²) in [6.45, 7) is 2.03. The molecule has 0 saturated carbocycles. The first-order valence-corrected chi connectivity index (χ1v) is 7.24. The van der Waals surface area contributed by atoms with Crippen LogP contribution in [0.15, 0.2) is 30.3 Å². The number of hydrogen-bond acceptors (Lipinski definition) is 8. The van der Waals surface area contributed by atoms with Crippen molar-refractivity contribution in [2.24, 2.45) is 0 Å². The van der Waals surface area contributed by atoms with Crippen LogP contribution in [0.2, 0.25) is 0 Å². The number of hydrogen-bond donors (Lipinski definition) is 0. The van der Waals surface area contributed by atoms with Gasteiger partial charge in [0.05, 0.1) is 18.9 Å². The molecule has 10 heteroatoms. The van der Waals surface area contributed by atoms with E-state index in [1.54, 1.807) is 9.36 Å². The van der Waals surface area contributed by atoms with E-state index in [2.05, 4.69) is 36.0 Å². The molecular weight excluding hydrogens is 298 g/mol. The molecule has 1 saturated heterocycles. The second-order valence-corrected chi connectivity index (χ2v) is 5.23. The van der Waals surface area contributed by atoms with Gasteiger partial charge in [-0.2, -0.15) is 4.68 Å². The molecule has 3 aromatic rings. The van der Waals surface area contributed by atoms with Crippen LogP contribution in [0.3, 0.4) is 0 Å². The Labute approximate surface area is 131 Å². The lowest BCUT2D eigenvalue weighted by atomic mass is 10.3. The summed E-state index contributed by atoms with van der Waals surface area (Å²) in [7, 11) is 2.01. The summed E-state index contributed by atoms with van der Waals surface area (Å²) in [5.74, 6) is 0.987. The quantitative estimate of drug-likeness (QED) is 0.654. The van der Waals surface area contributed by atoms with Crippen molar-refractivity contribution in [2.45, 2.75) is 6.17 Å². The van der Waals surface area contributed by atoms with E-state index in [1.807, 2.05) is 37.4 Å². The largest absolute Gasteiger partial charge is 0.376 e. The molecule has 0 amide bonds. The summed E-state index contributed by atoms with van der Waals surface area (Å²) < 4.78 is 8.86. The van der Waals surface area contributed by atoms with Crippen LogP contribution in [0.5, 0.6) is 0 Å². The highest BCUT2D eigenvalue weighted by molar-refractivity contribution is 5.47. The average molecular weight is 313 g/mol. The zero-order valence-corrected chi connectivity index (χ0v) is 12.5. The Morgan fingerprint density at radius 2 is 1.83 bits per heavy atom. The van der Waals surface area contributed by atoms with Crippen LogP contribution in [0, 0.1) is 0 Å². The Hall–Kier alpha value is -2.72. The van der Waals surface area contributed by atoms with Crippen molar-refractivity contribution in [3.63, 3.8) is 0 Å². The number of rotatable bonds is 3. The SMILES string of the molecule is CN1CCOCC1n1nnnc1-c1nnnn1-c1ccccc1. The predicted molar refractivity (Wildman–Crippen MR) is 78.5 cm³/mol. The zero-order valence-electron chi connectivity index (χ0n) is 12.5. The lowest BCUT2D eigenvalue weighted by Gasteiger charge is -2.32. The zero-order chi connectivity index (χ0) is 15.6. The minimum Gasteiger partial charge on any atom is -0.376 e. The summed E-state index contributed by atoms with van der Waals surface area (Å²) in [6, 6.07) is 9.62. The van der Waals surface area contributed by atoms with Gasteiger partial charge in [0.1, 0.15) is 6.17 Å². The monoisotopic (exact) mass is 313 g/mol. The molecule has 1 atom stereocenters. The Morgan fingerprint density at radius 3 is 2.65 bits per heavy atom. The van der Waals surface area contributed by atoms with Gasteiger partial charge in [-0.15, -0.1) is 10.2 Å². The van der Waals surface area contributed by atoms with E-state index >= 15 is 0 Å². The maximum absolute atomic E-state index is 5.55. The molecule has 1 fully saturated rings. The van der Waals surface area contributed by atoms with Crippen LogP contribution in [0.4, 0.5) is 0 Å². The Morgan fingerprint density at radius 1 is 1.04 bits per heavy atom. The molecule has 10 nitrogen and oxygen atoms in total. The van der Waals surface area contributed by atoms with Crippen LogP contribution in [0.25, 0.3) is 17.3 Å². The minimum atomic E-state index is -0.0883. The van der Waals surface area contributed by atoms with E-state index in [-0.39, 0.29) is 6.17 Å². The molecule has 0 spiro atoms. The van der Waals surface area contributed by atoms with Gasteiger partial charge in [0, 0.05) is 6.54 Å². The highest BCUT2D eigenvalue weighted by Crippen LogP contribution is 2.22. The van der Waals surface area contributed by atoms with Crippen molar-refractivity contribution in [3.8, 4) is 17.3 Å². The van der Waals surface area contributed by atoms with E-state index in [0.29, 0.717) is 24.9 Å². The molecule has 1 aliphatic rings. The summed E-state index contributed by atoms with van der Waals surface area (Å²) in [4.78, 5) is 2.14. The number of nitrogens with zero attached hydrogens (tertiary/aromatic N) is 9. The molecule has 1 unspecified atom stereocenters. The minimum absolute atomic E-state index is 0.0883. The molecule has 0 radical (unpaired) electrons. The lowest BCUT2D eigenvalue weighted by molar-refractivity contribution is -0.0294. The molecule has 0 N–H and O–H groups in total. The Balaban J connectivity index is 1.76. The maximum Gasteiger partial charge on any atom is 0.226 e. The normalized spacial score (nSPS) is 19.1. The average Bonchev–Trinajstić information content (AvgIpc) is 3.25. The molecule has 3 heterocycles. The summed E-state index contributed by atoms with van der Waals surface area (Å²) in [6.07, 6.45) is -0.0883. The first-order chi connectivity index (χ1) is 11.3. The molecule has 0 bridgehead atoms. The highest BCUT2D eigenvalue weighted by Gasteiger charge is 2.28. The molecule has 1 aliphatic heterocycles. The van der Waals surface area contributed by atoms with Crippen LogP contribution < -0.4 is 0 Å². The van der Waals surface area contributed by atoms with Gasteiger partial charge in [0.2, 0.25) is 11.6 Å². The fraction of sp³-hybridized carbons (Fsp3) is 0.385. The van der Waals surface area contributed by atoms with Gasteiger partial charge < -0.3 is 4.74 Å². The number of likely N-dealkylation sites (N-methyl/N-ethyl adjacent to an activating group) is 1. The van der Waals surface area contributed by atoms with Crippen molar-refractivity contribution >= 4 is 0 Å². The van der Waals surface area contributed by atoms with Gasteiger partial charge in [-0.1, -0.05) is 18.2 Å². The van der Waals surface area contributed by atoms with E-state index in [4.69, 9.17) is 4.74 Å². The molecule has 118 valence electrons. The van der Waals surface area contributed by atoms with E-state index in [1.165, 1.54) is 0 Å². The molecule has 2 aromatic heterocycles. The lowest BCUT2D eigenvalue weighted by Crippen LogP contribution is -2.40. The second-order valence-electron chi connectivity index (χ2n) is 5.23. The van der Waals surface area contributed by atoms with Gasteiger partial charge in [0.15, 0.2) is 0 Å². The molecule has 0 aliphatic carbocycles. The van der Waals surface area contributed by atoms with Crippen molar-refractivity contribution in [3.05, 3.63) is 30.3 Å². The van der Waals surface area contributed by atoms with Gasteiger partial charge in [-0.25, -0.2) is 4.68 Å². The third kappa shape index (κ3) is 2.47. The topological polar surface area (TPSA) is 99.7 Å². The van der Waals surface area contributed by atoms with Crippen molar-refractivity contribution in [1.82, 2.24) is 45.3 Å². The van der Waals surface area contributed by atoms with Gasteiger partial charge >= 0.3 is 0 Å². The van der Waals surface area contributed by atoms with Gasteiger partial charge in [-0.05, 0) is 40.0 Å². The van der Waals surface area contributed by atoms with Gasteiger partial charge in [0.25, 0.3) is 0 Å². The van der Waals surface area contributed by atoms with Crippen molar-refractivity contribution in [2.75, 3.05) is 26.8 Å². The number of morpholine rings is 1. The molecule has 23 heavy (non-hydrogen) atoms. The van der Waals surface area contributed by atoms with E-state index in [9.17, 15) is 0 Å². The molecular formula is C13H15N9O. The second kappa shape index (κ2) is 5.82.